The summed E-state index contributed by atoms with van der Waals surface area (Å²) in [5.41, 5.74) is 4.54. The second-order valence-corrected chi connectivity index (χ2v) is 6.65. The van der Waals surface area contributed by atoms with Crippen molar-refractivity contribution < 1.29 is 14.6 Å². The van der Waals surface area contributed by atoms with Crippen LogP contribution in [0.3, 0.4) is 0 Å². The lowest BCUT2D eigenvalue weighted by Crippen LogP contribution is -2.35. The van der Waals surface area contributed by atoms with E-state index in [1.54, 1.807) is 6.07 Å². The number of nitrogens with zero attached hydrogens (tertiary/aromatic N) is 1. The first kappa shape index (κ1) is 16.8. The highest BCUT2D eigenvalue weighted by molar-refractivity contribution is 5.93. The van der Waals surface area contributed by atoms with Gasteiger partial charge in [0.2, 0.25) is 0 Å². The quantitative estimate of drug-likeness (QED) is 0.838. The number of hydrogen-bond donors (Lipinski definition) is 2. The van der Waals surface area contributed by atoms with E-state index in [9.17, 15) is 9.90 Å². The van der Waals surface area contributed by atoms with Gasteiger partial charge in [0.15, 0.2) is 0 Å². The molecule has 1 fully saturated rings. The Kier molecular flexibility index (Phi) is 5.42. The SMILES string of the molecule is CC(C)(C)OC(=O)c1cccc(NN2CCCCC2)c1CO. The van der Waals surface area contributed by atoms with Crippen LogP contribution in [0.15, 0.2) is 18.2 Å². The number of benzene rings is 1. The Bertz CT molecular complexity index is 517. The first-order valence-electron chi connectivity index (χ1n) is 7.88. The van der Waals surface area contributed by atoms with Gasteiger partial charge in [-0.25, -0.2) is 9.80 Å². The molecule has 1 aromatic rings. The van der Waals surface area contributed by atoms with Crippen molar-refractivity contribution in [3.05, 3.63) is 29.3 Å². The van der Waals surface area contributed by atoms with Crippen LogP contribution >= 0.6 is 0 Å². The summed E-state index contributed by atoms with van der Waals surface area (Å²) in [6.07, 6.45) is 3.57. The Morgan fingerprint density at radius 3 is 2.55 bits per heavy atom. The number of anilines is 1. The van der Waals surface area contributed by atoms with Gasteiger partial charge in [0, 0.05) is 18.7 Å². The maximum Gasteiger partial charge on any atom is 0.339 e. The Morgan fingerprint density at radius 1 is 1.27 bits per heavy atom. The van der Waals surface area contributed by atoms with E-state index in [-0.39, 0.29) is 6.61 Å². The number of rotatable bonds is 4. The molecule has 0 radical (unpaired) electrons. The molecule has 2 rings (SSSR count). The summed E-state index contributed by atoms with van der Waals surface area (Å²) < 4.78 is 5.42. The molecule has 1 aliphatic rings. The zero-order chi connectivity index (χ0) is 16.2. The van der Waals surface area contributed by atoms with Gasteiger partial charge in [-0.3, -0.25) is 0 Å². The zero-order valence-electron chi connectivity index (χ0n) is 13.7. The number of carbonyl (C=O) groups is 1. The average molecular weight is 306 g/mol. The van der Waals surface area contributed by atoms with Crippen molar-refractivity contribution in [3.8, 4) is 0 Å². The molecule has 2 N–H and O–H groups in total. The summed E-state index contributed by atoms with van der Waals surface area (Å²) >= 11 is 0. The van der Waals surface area contributed by atoms with Crippen molar-refractivity contribution in [2.75, 3.05) is 18.5 Å². The fraction of sp³-hybridized carbons (Fsp3) is 0.588. The smallest absolute Gasteiger partial charge is 0.339 e. The van der Waals surface area contributed by atoms with E-state index in [2.05, 4.69) is 10.4 Å². The van der Waals surface area contributed by atoms with E-state index >= 15 is 0 Å². The van der Waals surface area contributed by atoms with Crippen molar-refractivity contribution in [3.63, 3.8) is 0 Å². The van der Waals surface area contributed by atoms with Gasteiger partial charge in [0.05, 0.1) is 17.9 Å². The number of ether oxygens (including phenoxy) is 1. The second kappa shape index (κ2) is 7.11. The molecule has 5 heteroatoms. The highest BCUT2D eigenvalue weighted by atomic mass is 16.6. The zero-order valence-corrected chi connectivity index (χ0v) is 13.7. The molecule has 0 aliphatic carbocycles. The first-order chi connectivity index (χ1) is 10.4. The predicted molar refractivity (Wildman–Crippen MR) is 86.6 cm³/mol. The molecular weight excluding hydrogens is 280 g/mol. The average Bonchev–Trinajstić information content (AvgIpc) is 2.46. The highest BCUT2D eigenvalue weighted by Gasteiger charge is 2.22. The van der Waals surface area contributed by atoms with E-state index in [1.165, 1.54) is 6.42 Å². The number of carbonyl (C=O) groups excluding carboxylic acids is 1. The molecule has 0 atom stereocenters. The lowest BCUT2D eigenvalue weighted by Gasteiger charge is -2.29. The number of hydrogen-bond acceptors (Lipinski definition) is 5. The largest absolute Gasteiger partial charge is 0.456 e. The Hall–Kier alpha value is -1.59. The minimum Gasteiger partial charge on any atom is -0.456 e. The summed E-state index contributed by atoms with van der Waals surface area (Å²) in [4.78, 5) is 12.3. The van der Waals surface area contributed by atoms with Crippen molar-refractivity contribution in [1.29, 1.82) is 0 Å². The van der Waals surface area contributed by atoms with Crippen molar-refractivity contribution in [1.82, 2.24) is 5.01 Å². The number of nitrogens with one attached hydrogen (secondary N) is 1. The third-order valence-electron chi connectivity index (χ3n) is 3.59. The van der Waals surface area contributed by atoms with Crippen LogP contribution in [0, 0.1) is 0 Å². The van der Waals surface area contributed by atoms with Crippen molar-refractivity contribution in [2.24, 2.45) is 0 Å². The van der Waals surface area contributed by atoms with E-state index in [0.29, 0.717) is 11.1 Å². The van der Waals surface area contributed by atoms with Crippen molar-refractivity contribution in [2.45, 2.75) is 52.2 Å². The minimum absolute atomic E-state index is 0.203. The molecule has 5 nitrogen and oxygen atoms in total. The topological polar surface area (TPSA) is 61.8 Å². The predicted octanol–water partition coefficient (Wildman–Crippen LogP) is 2.95. The lowest BCUT2D eigenvalue weighted by molar-refractivity contribution is 0.00666. The Morgan fingerprint density at radius 2 is 1.95 bits per heavy atom. The van der Waals surface area contributed by atoms with Crippen LogP contribution in [0.2, 0.25) is 0 Å². The van der Waals surface area contributed by atoms with Gasteiger partial charge in [0.25, 0.3) is 0 Å². The van der Waals surface area contributed by atoms with E-state index in [0.717, 1.165) is 31.6 Å². The molecular formula is C17H26N2O3. The standard InChI is InChI=1S/C17H26N2O3/c1-17(2,3)22-16(21)13-8-7-9-15(14(13)12-20)18-19-10-5-4-6-11-19/h7-9,18,20H,4-6,10-12H2,1-3H3. The molecule has 1 saturated heterocycles. The lowest BCUT2D eigenvalue weighted by atomic mass is 10.1. The van der Waals surface area contributed by atoms with Crippen LogP contribution in [0.1, 0.15) is 56.0 Å². The summed E-state index contributed by atoms with van der Waals surface area (Å²) in [6.45, 7) is 7.24. The maximum atomic E-state index is 12.3. The molecule has 1 aliphatic heterocycles. The van der Waals surface area contributed by atoms with Crippen LogP contribution in [0.25, 0.3) is 0 Å². The number of aliphatic hydroxyl groups excluding tert-OH is 1. The molecule has 0 aromatic heterocycles. The molecule has 0 unspecified atom stereocenters. The van der Waals surface area contributed by atoms with Gasteiger partial charge in [-0.15, -0.1) is 0 Å². The minimum atomic E-state index is -0.555. The number of hydrazine groups is 1. The molecule has 0 spiro atoms. The van der Waals surface area contributed by atoms with Crippen LogP contribution in [-0.4, -0.2) is 34.8 Å². The maximum absolute atomic E-state index is 12.3. The van der Waals surface area contributed by atoms with Crippen LogP contribution in [0.4, 0.5) is 5.69 Å². The monoisotopic (exact) mass is 306 g/mol. The third-order valence-corrected chi connectivity index (χ3v) is 3.59. The van der Waals surface area contributed by atoms with E-state index < -0.39 is 11.6 Å². The van der Waals surface area contributed by atoms with Gasteiger partial charge >= 0.3 is 5.97 Å². The van der Waals surface area contributed by atoms with Crippen LogP contribution in [0.5, 0.6) is 0 Å². The highest BCUT2D eigenvalue weighted by Crippen LogP contribution is 2.24. The molecule has 1 heterocycles. The van der Waals surface area contributed by atoms with Crippen LogP contribution in [-0.2, 0) is 11.3 Å². The Labute approximate surface area is 132 Å². The summed E-state index contributed by atoms with van der Waals surface area (Å²) in [7, 11) is 0. The van der Waals surface area contributed by atoms with Gasteiger partial charge < -0.3 is 15.3 Å². The normalized spacial score (nSPS) is 16.4. The van der Waals surface area contributed by atoms with Gasteiger partial charge in [0.1, 0.15) is 5.60 Å². The third kappa shape index (κ3) is 4.45. The van der Waals surface area contributed by atoms with Gasteiger partial charge in [-0.2, -0.15) is 0 Å². The number of piperidine rings is 1. The Balaban J connectivity index is 2.20. The van der Waals surface area contributed by atoms with Crippen molar-refractivity contribution >= 4 is 11.7 Å². The molecule has 1 aromatic carbocycles. The van der Waals surface area contributed by atoms with Gasteiger partial charge in [-0.1, -0.05) is 12.5 Å². The van der Waals surface area contributed by atoms with E-state index in [4.69, 9.17) is 4.74 Å². The fourth-order valence-electron chi connectivity index (χ4n) is 2.56. The molecule has 122 valence electrons. The van der Waals surface area contributed by atoms with Gasteiger partial charge in [-0.05, 0) is 45.7 Å². The summed E-state index contributed by atoms with van der Waals surface area (Å²) in [5, 5.41) is 11.8. The second-order valence-electron chi connectivity index (χ2n) is 6.65. The number of esters is 1. The number of aliphatic hydroxyl groups is 1. The molecule has 0 bridgehead atoms. The van der Waals surface area contributed by atoms with Crippen LogP contribution < -0.4 is 5.43 Å². The molecule has 0 saturated carbocycles. The summed E-state index contributed by atoms with van der Waals surface area (Å²) in [5.74, 6) is -0.404. The molecule has 22 heavy (non-hydrogen) atoms. The summed E-state index contributed by atoms with van der Waals surface area (Å²) in [6, 6.07) is 5.39. The fourth-order valence-corrected chi connectivity index (χ4v) is 2.56. The molecule has 0 amide bonds. The van der Waals surface area contributed by atoms with E-state index in [1.807, 2.05) is 32.9 Å². The first-order valence-corrected chi connectivity index (χ1v) is 7.88.